The summed E-state index contributed by atoms with van der Waals surface area (Å²) in [5.74, 6) is 0. The van der Waals surface area contributed by atoms with Crippen molar-refractivity contribution in [2.24, 2.45) is 0 Å². The Bertz CT molecular complexity index is 358. The molecule has 0 spiro atoms. The molecule has 3 unspecified atom stereocenters. The predicted molar refractivity (Wildman–Crippen MR) is 73.5 cm³/mol. The molecule has 2 nitrogen and oxygen atoms in total. The molecule has 1 aliphatic heterocycles. The largest absolute Gasteiger partial charge is 0.306 e. The normalized spacial score (nSPS) is 31.9. The van der Waals surface area contributed by atoms with Gasteiger partial charge in [-0.3, -0.25) is 4.90 Å². The zero-order valence-corrected chi connectivity index (χ0v) is 11.5. The molecule has 3 rings (SSSR count). The minimum Gasteiger partial charge on any atom is -0.306 e. The summed E-state index contributed by atoms with van der Waals surface area (Å²) in [6.07, 6.45) is 4.17. The van der Waals surface area contributed by atoms with E-state index in [2.05, 4.69) is 40.9 Å². The molecule has 94 valence electrons. The molecule has 1 aliphatic carbocycles. The van der Waals surface area contributed by atoms with E-state index in [0.29, 0.717) is 12.1 Å². The van der Waals surface area contributed by atoms with Crippen LogP contribution in [-0.2, 0) is 0 Å². The fourth-order valence-corrected chi connectivity index (χ4v) is 3.82. The van der Waals surface area contributed by atoms with Crippen LogP contribution < -0.4 is 5.32 Å². The van der Waals surface area contributed by atoms with Crippen molar-refractivity contribution in [3.8, 4) is 0 Å². The SMILES string of the molecule is CC(NC1CC(C)N(C2CC2)C1)c1ccsc1. The van der Waals surface area contributed by atoms with Crippen molar-refractivity contribution in [3.63, 3.8) is 0 Å². The summed E-state index contributed by atoms with van der Waals surface area (Å²) in [5.41, 5.74) is 1.44. The number of likely N-dealkylation sites (tertiary alicyclic amines) is 1. The van der Waals surface area contributed by atoms with E-state index in [9.17, 15) is 0 Å². The van der Waals surface area contributed by atoms with E-state index >= 15 is 0 Å². The highest BCUT2D eigenvalue weighted by Crippen LogP contribution is 2.33. The first-order chi connectivity index (χ1) is 8.24. The summed E-state index contributed by atoms with van der Waals surface area (Å²) in [5, 5.41) is 8.22. The van der Waals surface area contributed by atoms with Crippen molar-refractivity contribution in [3.05, 3.63) is 22.4 Å². The maximum atomic E-state index is 3.79. The lowest BCUT2D eigenvalue weighted by atomic mass is 10.1. The highest BCUT2D eigenvalue weighted by atomic mass is 32.1. The zero-order valence-electron chi connectivity index (χ0n) is 10.7. The lowest BCUT2D eigenvalue weighted by Gasteiger charge is -2.21. The van der Waals surface area contributed by atoms with E-state index in [-0.39, 0.29) is 0 Å². The molecule has 0 aromatic carbocycles. The molecule has 2 aliphatic rings. The minimum absolute atomic E-state index is 0.498. The van der Waals surface area contributed by atoms with Gasteiger partial charge in [0, 0.05) is 30.7 Å². The van der Waals surface area contributed by atoms with Gasteiger partial charge in [0.25, 0.3) is 0 Å². The van der Waals surface area contributed by atoms with E-state index in [1.165, 1.54) is 31.4 Å². The van der Waals surface area contributed by atoms with Gasteiger partial charge in [0.2, 0.25) is 0 Å². The molecule has 1 N–H and O–H groups in total. The first kappa shape index (κ1) is 11.7. The second kappa shape index (κ2) is 4.71. The molecule has 0 amide bonds. The summed E-state index contributed by atoms with van der Waals surface area (Å²) in [7, 11) is 0. The summed E-state index contributed by atoms with van der Waals surface area (Å²) in [4.78, 5) is 2.71. The Morgan fingerprint density at radius 2 is 2.29 bits per heavy atom. The van der Waals surface area contributed by atoms with Crippen LogP contribution in [0, 0.1) is 0 Å². The molecule has 1 saturated heterocycles. The smallest absolute Gasteiger partial charge is 0.0303 e. The topological polar surface area (TPSA) is 15.3 Å². The van der Waals surface area contributed by atoms with Gasteiger partial charge >= 0.3 is 0 Å². The first-order valence-electron chi connectivity index (χ1n) is 6.78. The Kier molecular flexibility index (Phi) is 3.24. The van der Waals surface area contributed by atoms with Crippen LogP contribution in [-0.4, -0.2) is 29.6 Å². The molecular formula is C14H22N2S. The highest BCUT2D eigenvalue weighted by molar-refractivity contribution is 7.07. The summed E-state index contributed by atoms with van der Waals surface area (Å²) in [6, 6.07) is 5.10. The third-order valence-electron chi connectivity index (χ3n) is 4.17. The van der Waals surface area contributed by atoms with Gasteiger partial charge in [-0.25, -0.2) is 0 Å². The van der Waals surface area contributed by atoms with Crippen molar-refractivity contribution in [1.82, 2.24) is 10.2 Å². The van der Waals surface area contributed by atoms with Crippen molar-refractivity contribution in [2.75, 3.05) is 6.54 Å². The van der Waals surface area contributed by atoms with Gasteiger partial charge in [-0.2, -0.15) is 11.3 Å². The number of nitrogens with one attached hydrogen (secondary N) is 1. The van der Waals surface area contributed by atoms with Crippen LogP contribution in [0.1, 0.15) is 44.7 Å². The molecule has 3 atom stereocenters. The van der Waals surface area contributed by atoms with E-state index < -0.39 is 0 Å². The van der Waals surface area contributed by atoms with Crippen LogP contribution in [0.15, 0.2) is 16.8 Å². The fraction of sp³-hybridized carbons (Fsp3) is 0.714. The average molecular weight is 250 g/mol. The Hall–Kier alpha value is -0.380. The first-order valence-corrected chi connectivity index (χ1v) is 7.72. The third kappa shape index (κ3) is 2.56. The molecule has 0 radical (unpaired) electrons. The van der Waals surface area contributed by atoms with Gasteiger partial charge in [-0.15, -0.1) is 0 Å². The molecule has 0 bridgehead atoms. The van der Waals surface area contributed by atoms with E-state index in [1.807, 2.05) is 0 Å². The van der Waals surface area contributed by atoms with Crippen LogP contribution in [0.4, 0.5) is 0 Å². The Labute approximate surface area is 108 Å². The monoisotopic (exact) mass is 250 g/mol. The number of thiophene rings is 1. The second-order valence-electron chi connectivity index (χ2n) is 5.65. The maximum absolute atomic E-state index is 3.79. The standard InChI is InChI=1S/C14H22N2S/c1-10-7-13(8-16(10)14-3-4-14)15-11(2)12-5-6-17-9-12/h5-6,9-11,13-15H,3-4,7-8H2,1-2H3. The molecule has 1 saturated carbocycles. The molecule has 1 aromatic heterocycles. The Balaban J connectivity index is 1.56. The maximum Gasteiger partial charge on any atom is 0.0303 e. The minimum atomic E-state index is 0.498. The van der Waals surface area contributed by atoms with Crippen molar-refractivity contribution in [1.29, 1.82) is 0 Å². The van der Waals surface area contributed by atoms with Gasteiger partial charge in [-0.1, -0.05) is 0 Å². The molecule has 1 aromatic rings. The summed E-state index contributed by atoms with van der Waals surface area (Å²) >= 11 is 1.79. The number of rotatable bonds is 4. The molecular weight excluding hydrogens is 228 g/mol. The summed E-state index contributed by atoms with van der Waals surface area (Å²) in [6.45, 7) is 5.92. The predicted octanol–water partition coefficient (Wildman–Crippen LogP) is 3.02. The van der Waals surface area contributed by atoms with Crippen LogP contribution >= 0.6 is 11.3 Å². The van der Waals surface area contributed by atoms with Crippen LogP contribution in [0.2, 0.25) is 0 Å². The molecule has 17 heavy (non-hydrogen) atoms. The lowest BCUT2D eigenvalue weighted by molar-refractivity contribution is 0.254. The van der Waals surface area contributed by atoms with Crippen molar-refractivity contribution >= 4 is 11.3 Å². The Morgan fingerprint density at radius 1 is 1.47 bits per heavy atom. The summed E-state index contributed by atoms with van der Waals surface area (Å²) < 4.78 is 0. The average Bonchev–Trinajstić information content (AvgIpc) is 2.86. The van der Waals surface area contributed by atoms with Crippen LogP contribution in [0.5, 0.6) is 0 Å². The number of nitrogens with zero attached hydrogens (tertiary/aromatic N) is 1. The Morgan fingerprint density at radius 3 is 2.94 bits per heavy atom. The van der Waals surface area contributed by atoms with Crippen molar-refractivity contribution in [2.45, 2.75) is 57.3 Å². The fourth-order valence-electron chi connectivity index (χ4n) is 3.06. The highest BCUT2D eigenvalue weighted by Gasteiger charge is 2.38. The molecule has 2 heterocycles. The molecule has 3 heteroatoms. The quantitative estimate of drug-likeness (QED) is 0.883. The van der Waals surface area contributed by atoms with Gasteiger partial charge < -0.3 is 5.32 Å². The van der Waals surface area contributed by atoms with Gasteiger partial charge in [0.05, 0.1) is 0 Å². The van der Waals surface area contributed by atoms with Gasteiger partial charge in [0.1, 0.15) is 0 Å². The third-order valence-corrected chi connectivity index (χ3v) is 4.87. The number of hydrogen-bond acceptors (Lipinski definition) is 3. The van der Waals surface area contributed by atoms with Gasteiger partial charge in [-0.05, 0) is 55.5 Å². The van der Waals surface area contributed by atoms with E-state index in [4.69, 9.17) is 0 Å². The van der Waals surface area contributed by atoms with E-state index in [1.54, 1.807) is 11.3 Å². The van der Waals surface area contributed by atoms with E-state index in [0.717, 1.165) is 12.1 Å². The van der Waals surface area contributed by atoms with Crippen LogP contribution in [0.25, 0.3) is 0 Å². The lowest BCUT2D eigenvalue weighted by Crippen LogP contribution is -2.35. The molecule has 2 fully saturated rings. The van der Waals surface area contributed by atoms with Gasteiger partial charge in [0.15, 0.2) is 0 Å². The number of hydrogen-bond donors (Lipinski definition) is 1. The second-order valence-corrected chi connectivity index (χ2v) is 6.43. The zero-order chi connectivity index (χ0) is 11.8. The van der Waals surface area contributed by atoms with Crippen molar-refractivity contribution < 1.29 is 0 Å². The van der Waals surface area contributed by atoms with Crippen LogP contribution in [0.3, 0.4) is 0 Å².